The molecule has 2 aromatic carbocycles. The summed E-state index contributed by atoms with van der Waals surface area (Å²) in [6, 6.07) is 16.0. The monoisotopic (exact) mass is 436 g/mol. The van der Waals surface area contributed by atoms with Crippen LogP contribution in [0, 0.1) is 0 Å². The summed E-state index contributed by atoms with van der Waals surface area (Å²) >= 11 is 0. The number of carbonyl (C=O) groups is 1. The SMILES string of the molecule is CN1CCN(S(=O)(=O)c2cccc(NC(=O)/C=C/c3cccc4cccnc34)c2)CC1. The predicted molar refractivity (Wildman–Crippen MR) is 122 cm³/mol. The number of pyridine rings is 1. The van der Waals surface area contributed by atoms with Gasteiger partial charge in [-0.05, 0) is 37.4 Å². The van der Waals surface area contributed by atoms with Crippen molar-refractivity contribution in [1.29, 1.82) is 0 Å². The van der Waals surface area contributed by atoms with Gasteiger partial charge >= 0.3 is 0 Å². The average molecular weight is 437 g/mol. The number of hydrogen-bond donors (Lipinski definition) is 1. The van der Waals surface area contributed by atoms with Crippen LogP contribution >= 0.6 is 0 Å². The van der Waals surface area contributed by atoms with Crippen molar-refractivity contribution in [1.82, 2.24) is 14.2 Å². The number of anilines is 1. The van der Waals surface area contributed by atoms with Gasteiger partial charge in [-0.25, -0.2) is 8.42 Å². The quantitative estimate of drug-likeness (QED) is 0.622. The van der Waals surface area contributed by atoms with Crippen LogP contribution in [-0.4, -0.2) is 61.7 Å². The summed E-state index contributed by atoms with van der Waals surface area (Å²) in [7, 11) is -1.62. The number of hydrogen-bond acceptors (Lipinski definition) is 5. The molecule has 0 spiro atoms. The lowest BCUT2D eigenvalue weighted by molar-refractivity contribution is -0.111. The fourth-order valence-electron chi connectivity index (χ4n) is 3.52. The number of sulfonamides is 1. The molecule has 0 atom stereocenters. The fraction of sp³-hybridized carbons (Fsp3) is 0.217. The zero-order valence-electron chi connectivity index (χ0n) is 17.2. The Morgan fingerprint density at radius 2 is 1.77 bits per heavy atom. The predicted octanol–water partition coefficient (Wildman–Crippen LogP) is 2.82. The van der Waals surface area contributed by atoms with E-state index in [9.17, 15) is 13.2 Å². The Balaban J connectivity index is 1.48. The summed E-state index contributed by atoms with van der Waals surface area (Å²) in [4.78, 5) is 19.1. The number of aromatic nitrogens is 1. The van der Waals surface area contributed by atoms with Crippen LogP contribution in [0.1, 0.15) is 5.56 Å². The molecule has 0 unspecified atom stereocenters. The van der Waals surface area contributed by atoms with Gasteiger partial charge in [0.2, 0.25) is 15.9 Å². The van der Waals surface area contributed by atoms with Gasteiger partial charge in [0, 0.05) is 55.1 Å². The molecule has 0 bridgehead atoms. The van der Waals surface area contributed by atoms with E-state index in [1.165, 1.54) is 16.4 Å². The second-order valence-electron chi connectivity index (χ2n) is 7.48. The minimum absolute atomic E-state index is 0.178. The smallest absolute Gasteiger partial charge is 0.248 e. The normalized spacial score (nSPS) is 16.0. The van der Waals surface area contributed by atoms with Gasteiger partial charge in [0.05, 0.1) is 10.4 Å². The second-order valence-corrected chi connectivity index (χ2v) is 9.42. The minimum Gasteiger partial charge on any atom is -0.322 e. The Labute approximate surface area is 182 Å². The first-order chi connectivity index (χ1) is 14.9. The highest BCUT2D eigenvalue weighted by Crippen LogP contribution is 2.21. The van der Waals surface area contributed by atoms with Crippen molar-refractivity contribution in [3.63, 3.8) is 0 Å². The van der Waals surface area contributed by atoms with Crippen molar-refractivity contribution >= 4 is 38.6 Å². The third-order valence-electron chi connectivity index (χ3n) is 5.28. The maximum Gasteiger partial charge on any atom is 0.248 e. The molecule has 160 valence electrons. The van der Waals surface area contributed by atoms with Crippen molar-refractivity contribution < 1.29 is 13.2 Å². The van der Waals surface area contributed by atoms with E-state index in [-0.39, 0.29) is 10.8 Å². The Hall–Kier alpha value is -3.07. The highest BCUT2D eigenvalue weighted by Gasteiger charge is 2.27. The molecule has 1 N–H and O–H groups in total. The lowest BCUT2D eigenvalue weighted by Crippen LogP contribution is -2.47. The highest BCUT2D eigenvalue weighted by atomic mass is 32.2. The summed E-state index contributed by atoms with van der Waals surface area (Å²) in [5, 5.41) is 3.74. The van der Waals surface area contributed by atoms with Crippen LogP contribution in [-0.2, 0) is 14.8 Å². The number of nitrogens with zero attached hydrogens (tertiary/aromatic N) is 3. The highest BCUT2D eigenvalue weighted by molar-refractivity contribution is 7.89. The van der Waals surface area contributed by atoms with Crippen LogP contribution in [0.15, 0.2) is 71.8 Å². The Kier molecular flexibility index (Phi) is 6.13. The third-order valence-corrected chi connectivity index (χ3v) is 7.17. The Bertz CT molecular complexity index is 1230. The van der Waals surface area contributed by atoms with Crippen molar-refractivity contribution in [3.05, 3.63) is 72.4 Å². The van der Waals surface area contributed by atoms with Crippen LogP contribution in [0.5, 0.6) is 0 Å². The number of fused-ring (bicyclic) bond motifs is 1. The maximum atomic E-state index is 12.9. The minimum atomic E-state index is -3.59. The fourth-order valence-corrected chi connectivity index (χ4v) is 4.99. The van der Waals surface area contributed by atoms with E-state index < -0.39 is 10.0 Å². The van der Waals surface area contributed by atoms with Crippen LogP contribution < -0.4 is 5.32 Å². The van der Waals surface area contributed by atoms with E-state index in [1.54, 1.807) is 30.5 Å². The summed E-state index contributed by atoms with van der Waals surface area (Å²) in [5.41, 5.74) is 2.08. The van der Waals surface area contributed by atoms with Crippen LogP contribution in [0.3, 0.4) is 0 Å². The number of para-hydroxylation sites is 1. The molecule has 3 aromatic rings. The number of nitrogens with one attached hydrogen (secondary N) is 1. The summed E-state index contributed by atoms with van der Waals surface area (Å²) in [6.45, 7) is 2.31. The molecular weight excluding hydrogens is 412 g/mol. The van der Waals surface area contributed by atoms with E-state index in [2.05, 4.69) is 15.2 Å². The van der Waals surface area contributed by atoms with Crippen molar-refractivity contribution in [2.24, 2.45) is 0 Å². The molecule has 1 aromatic heterocycles. The summed E-state index contributed by atoms with van der Waals surface area (Å²) in [6.07, 6.45) is 4.84. The molecule has 4 rings (SSSR count). The van der Waals surface area contributed by atoms with Gasteiger partial charge in [-0.2, -0.15) is 4.31 Å². The largest absolute Gasteiger partial charge is 0.322 e. The molecule has 0 saturated carbocycles. The van der Waals surface area contributed by atoms with Gasteiger partial charge < -0.3 is 10.2 Å². The van der Waals surface area contributed by atoms with Gasteiger partial charge in [0.15, 0.2) is 0 Å². The number of carbonyl (C=O) groups excluding carboxylic acids is 1. The Morgan fingerprint density at radius 1 is 1.03 bits per heavy atom. The summed E-state index contributed by atoms with van der Waals surface area (Å²) in [5.74, 6) is -0.345. The molecule has 1 amide bonds. The lowest BCUT2D eigenvalue weighted by atomic mass is 10.1. The molecule has 0 aliphatic carbocycles. The van der Waals surface area contributed by atoms with E-state index in [0.29, 0.717) is 31.9 Å². The number of rotatable bonds is 5. The van der Waals surface area contributed by atoms with E-state index in [0.717, 1.165) is 16.5 Å². The standard InChI is InChI=1S/C23H24N4O3S/c1-26-13-15-27(16-14-26)31(29,30)21-9-3-8-20(17-21)25-22(28)11-10-19-6-2-5-18-7-4-12-24-23(18)19/h2-12,17H,13-16H2,1H3,(H,25,28)/b11-10+. The number of piperazine rings is 1. The molecule has 1 fully saturated rings. The van der Waals surface area contributed by atoms with Gasteiger partial charge in [-0.1, -0.05) is 30.3 Å². The van der Waals surface area contributed by atoms with E-state index in [4.69, 9.17) is 0 Å². The van der Waals surface area contributed by atoms with Crippen LogP contribution in [0.25, 0.3) is 17.0 Å². The first-order valence-corrected chi connectivity index (χ1v) is 11.5. The molecule has 0 radical (unpaired) electrons. The van der Waals surface area contributed by atoms with Gasteiger partial charge in [0.1, 0.15) is 0 Å². The number of amides is 1. The molecule has 1 saturated heterocycles. The molecule has 31 heavy (non-hydrogen) atoms. The van der Waals surface area contributed by atoms with Crippen molar-refractivity contribution in [2.75, 3.05) is 38.5 Å². The molecule has 7 nitrogen and oxygen atoms in total. The number of likely N-dealkylation sites (N-methyl/N-ethyl adjacent to an activating group) is 1. The topological polar surface area (TPSA) is 82.6 Å². The van der Waals surface area contributed by atoms with Gasteiger partial charge in [0.25, 0.3) is 0 Å². The number of benzene rings is 2. The van der Waals surface area contributed by atoms with E-state index >= 15 is 0 Å². The van der Waals surface area contributed by atoms with E-state index in [1.807, 2.05) is 37.4 Å². The third kappa shape index (κ3) is 4.82. The second kappa shape index (κ2) is 8.97. The van der Waals surface area contributed by atoms with Crippen LogP contribution in [0.4, 0.5) is 5.69 Å². The Morgan fingerprint density at radius 3 is 2.58 bits per heavy atom. The zero-order chi connectivity index (χ0) is 21.8. The van der Waals surface area contributed by atoms with Crippen LogP contribution in [0.2, 0.25) is 0 Å². The summed E-state index contributed by atoms with van der Waals surface area (Å²) < 4.78 is 27.4. The van der Waals surface area contributed by atoms with Gasteiger partial charge in [-0.3, -0.25) is 9.78 Å². The first-order valence-electron chi connectivity index (χ1n) is 10.0. The molecular formula is C23H24N4O3S. The lowest BCUT2D eigenvalue weighted by Gasteiger charge is -2.31. The molecule has 1 aliphatic rings. The molecule has 1 aliphatic heterocycles. The average Bonchev–Trinajstić information content (AvgIpc) is 2.78. The van der Waals surface area contributed by atoms with Crippen molar-refractivity contribution in [3.8, 4) is 0 Å². The zero-order valence-corrected chi connectivity index (χ0v) is 18.0. The first kappa shape index (κ1) is 21.2. The van der Waals surface area contributed by atoms with Gasteiger partial charge in [-0.15, -0.1) is 0 Å². The molecule has 2 heterocycles. The van der Waals surface area contributed by atoms with Crippen molar-refractivity contribution in [2.45, 2.75) is 4.90 Å². The molecule has 8 heteroatoms. The maximum absolute atomic E-state index is 12.9.